The fourth-order valence-corrected chi connectivity index (χ4v) is 6.93. The maximum absolute atomic E-state index is 13.6. The minimum Gasteiger partial charge on any atom is -0.403 e. The maximum Gasteiger partial charge on any atom is 0.573 e. The van der Waals surface area contributed by atoms with Crippen molar-refractivity contribution in [2.45, 2.75) is 63.3 Å². The third kappa shape index (κ3) is 8.47. The van der Waals surface area contributed by atoms with Gasteiger partial charge < -0.3 is 4.74 Å². The third-order valence-corrected chi connectivity index (χ3v) is 8.46. The molecule has 1 aliphatic heterocycles. The van der Waals surface area contributed by atoms with Crippen LogP contribution in [0.5, 0.6) is 5.75 Å². The van der Waals surface area contributed by atoms with Crippen molar-refractivity contribution in [2.75, 3.05) is 0 Å². The Morgan fingerprint density at radius 2 is 2.00 bits per heavy atom. The van der Waals surface area contributed by atoms with Crippen LogP contribution in [0.4, 0.5) is 22.0 Å². The largest absolute Gasteiger partial charge is 0.573 e. The second kappa shape index (κ2) is 10.7. The lowest BCUT2D eigenvalue weighted by atomic mass is 10.0. The highest BCUT2D eigenvalue weighted by Gasteiger charge is 2.32. The fraction of sp³-hybridized carbons (Fsp3) is 0.524. The number of hydrogen-bond donors (Lipinski definition) is 0. The van der Waals surface area contributed by atoms with Crippen LogP contribution < -0.4 is 4.74 Å². The molecule has 1 fully saturated rings. The molecule has 1 unspecified atom stereocenters. The molecule has 1 saturated heterocycles. The standard InChI is InChI=1S/C21H25F5OSi/c1-16(22)5-4-12-28-13-10-17(11-14-28)6-2-3-7-18-8-9-20(19(23)15-18)27-21(24,25)26/h2,6,8-9,15-17,28H,4-5,10-14H2,1H3/t16?,17-,28-. The second-order valence-electron chi connectivity index (χ2n) is 7.31. The van der Waals surface area contributed by atoms with Crippen molar-refractivity contribution in [3.63, 3.8) is 0 Å². The number of halogens is 5. The van der Waals surface area contributed by atoms with Gasteiger partial charge in [0.05, 0.1) is 6.17 Å². The van der Waals surface area contributed by atoms with Gasteiger partial charge in [-0.05, 0) is 56.4 Å². The monoisotopic (exact) mass is 416 g/mol. The topological polar surface area (TPSA) is 9.23 Å². The SMILES string of the molecule is CC(F)CCC[Si@H]1CC[C@H](C=CC#Cc2ccc(OC(F)(F)F)c(F)c2)CC1. The molecule has 0 bridgehead atoms. The number of rotatable bonds is 6. The van der Waals surface area contributed by atoms with Crippen molar-refractivity contribution in [3.8, 4) is 17.6 Å². The highest BCUT2D eigenvalue weighted by atomic mass is 28.3. The van der Waals surface area contributed by atoms with Gasteiger partial charge in [-0.25, -0.2) is 8.78 Å². The predicted octanol–water partition coefficient (Wildman–Crippen LogP) is 6.41. The molecule has 1 atom stereocenters. The average Bonchev–Trinajstić information content (AvgIpc) is 2.61. The summed E-state index contributed by atoms with van der Waals surface area (Å²) in [7, 11) is -0.710. The van der Waals surface area contributed by atoms with Crippen LogP contribution in [-0.4, -0.2) is 21.3 Å². The molecule has 0 spiro atoms. The Morgan fingerprint density at radius 1 is 1.29 bits per heavy atom. The van der Waals surface area contributed by atoms with Gasteiger partial charge >= 0.3 is 6.36 Å². The van der Waals surface area contributed by atoms with Crippen LogP contribution >= 0.6 is 0 Å². The van der Waals surface area contributed by atoms with Crippen LogP contribution in [0.25, 0.3) is 0 Å². The minimum atomic E-state index is -4.93. The van der Waals surface area contributed by atoms with E-state index in [0.717, 1.165) is 31.4 Å². The molecular weight excluding hydrogens is 391 g/mol. The normalized spacial score (nSPS) is 21.2. The lowest BCUT2D eigenvalue weighted by Gasteiger charge is -2.25. The molecule has 7 heteroatoms. The number of allylic oxidation sites excluding steroid dienone is 2. The van der Waals surface area contributed by atoms with Crippen molar-refractivity contribution in [1.29, 1.82) is 0 Å². The van der Waals surface area contributed by atoms with E-state index >= 15 is 0 Å². The summed E-state index contributed by atoms with van der Waals surface area (Å²) in [6.07, 6.45) is 2.11. The first-order valence-electron chi connectivity index (χ1n) is 9.60. The van der Waals surface area contributed by atoms with E-state index in [9.17, 15) is 22.0 Å². The zero-order valence-electron chi connectivity index (χ0n) is 15.9. The van der Waals surface area contributed by atoms with Gasteiger partial charge in [-0.1, -0.05) is 42.5 Å². The molecule has 1 heterocycles. The van der Waals surface area contributed by atoms with Crippen LogP contribution in [0.2, 0.25) is 18.1 Å². The van der Waals surface area contributed by atoms with Crippen LogP contribution in [0.1, 0.15) is 38.2 Å². The Morgan fingerprint density at radius 3 is 2.61 bits per heavy atom. The number of alkyl halides is 4. The smallest absolute Gasteiger partial charge is 0.403 e. The zero-order valence-corrected chi connectivity index (χ0v) is 17.0. The van der Waals surface area contributed by atoms with E-state index in [-0.39, 0.29) is 5.56 Å². The van der Waals surface area contributed by atoms with Crippen LogP contribution in [-0.2, 0) is 0 Å². The first kappa shape index (κ1) is 22.5. The summed E-state index contributed by atoms with van der Waals surface area (Å²) in [5.41, 5.74) is 0.287. The van der Waals surface area contributed by atoms with E-state index in [2.05, 4.69) is 22.7 Å². The van der Waals surface area contributed by atoms with E-state index in [1.54, 1.807) is 13.0 Å². The van der Waals surface area contributed by atoms with Crippen molar-refractivity contribution >= 4 is 8.80 Å². The van der Waals surface area contributed by atoms with E-state index in [1.165, 1.54) is 24.2 Å². The number of hydrogen-bond acceptors (Lipinski definition) is 1. The molecule has 1 aromatic rings. The Hall–Kier alpha value is -1.81. The van der Waals surface area contributed by atoms with Gasteiger partial charge in [-0.15, -0.1) is 13.2 Å². The lowest BCUT2D eigenvalue weighted by Crippen LogP contribution is -2.20. The molecule has 1 aliphatic rings. The first-order chi connectivity index (χ1) is 13.2. The van der Waals surface area contributed by atoms with Crippen LogP contribution in [0.15, 0.2) is 30.4 Å². The molecule has 0 aromatic heterocycles. The Labute approximate surface area is 164 Å². The first-order valence-corrected chi connectivity index (χ1v) is 12.1. The van der Waals surface area contributed by atoms with E-state index in [1.807, 2.05) is 0 Å². The molecule has 28 heavy (non-hydrogen) atoms. The molecule has 2 rings (SSSR count). The zero-order chi connectivity index (χ0) is 20.6. The molecule has 0 N–H and O–H groups in total. The van der Waals surface area contributed by atoms with Gasteiger partial charge in [0.1, 0.15) is 0 Å². The van der Waals surface area contributed by atoms with Crippen LogP contribution in [0, 0.1) is 23.6 Å². The van der Waals surface area contributed by atoms with E-state index < -0.39 is 32.9 Å². The third-order valence-electron chi connectivity index (χ3n) is 4.93. The highest BCUT2D eigenvalue weighted by Crippen LogP contribution is 2.29. The Kier molecular flexibility index (Phi) is 8.55. The van der Waals surface area contributed by atoms with E-state index in [4.69, 9.17) is 0 Å². The quantitative estimate of drug-likeness (QED) is 0.296. The van der Waals surface area contributed by atoms with Gasteiger partial charge in [0.25, 0.3) is 0 Å². The van der Waals surface area contributed by atoms with Gasteiger partial charge in [-0.2, -0.15) is 0 Å². The summed E-state index contributed by atoms with van der Waals surface area (Å²) in [5, 5.41) is 0. The van der Waals surface area contributed by atoms with E-state index in [0.29, 0.717) is 12.3 Å². The maximum atomic E-state index is 13.6. The van der Waals surface area contributed by atoms with Gasteiger partial charge in [0.15, 0.2) is 11.6 Å². The Bertz CT molecular complexity index is 710. The molecule has 154 valence electrons. The predicted molar refractivity (Wildman–Crippen MR) is 103 cm³/mol. The van der Waals surface area contributed by atoms with Crippen molar-refractivity contribution < 1.29 is 26.7 Å². The summed E-state index contributed by atoms with van der Waals surface area (Å²) in [6.45, 7) is 1.61. The molecular formula is C21H25F5OSi. The molecule has 0 radical (unpaired) electrons. The highest BCUT2D eigenvalue weighted by molar-refractivity contribution is 6.58. The summed E-state index contributed by atoms with van der Waals surface area (Å²) in [5.74, 6) is 4.05. The lowest BCUT2D eigenvalue weighted by molar-refractivity contribution is -0.275. The minimum absolute atomic E-state index is 0.287. The summed E-state index contributed by atoms with van der Waals surface area (Å²) < 4.78 is 66.4. The summed E-state index contributed by atoms with van der Waals surface area (Å²) in [6, 6.07) is 6.91. The molecule has 1 nitrogen and oxygen atoms in total. The van der Waals surface area contributed by atoms with Crippen molar-refractivity contribution in [1.82, 2.24) is 0 Å². The average molecular weight is 417 g/mol. The van der Waals surface area contributed by atoms with Crippen LogP contribution in [0.3, 0.4) is 0 Å². The molecule has 0 amide bonds. The molecule has 0 saturated carbocycles. The van der Waals surface area contributed by atoms with Gasteiger partial charge in [0, 0.05) is 14.4 Å². The number of ether oxygens (including phenoxy) is 1. The van der Waals surface area contributed by atoms with Gasteiger partial charge in [0.2, 0.25) is 0 Å². The van der Waals surface area contributed by atoms with Crippen molar-refractivity contribution in [3.05, 3.63) is 41.7 Å². The van der Waals surface area contributed by atoms with Gasteiger partial charge in [-0.3, -0.25) is 0 Å². The van der Waals surface area contributed by atoms with Crippen molar-refractivity contribution in [2.24, 2.45) is 5.92 Å². The number of benzene rings is 1. The fourth-order valence-electron chi connectivity index (χ4n) is 3.45. The molecule has 1 aromatic carbocycles. The summed E-state index contributed by atoms with van der Waals surface area (Å²) >= 11 is 0. The Balaban J connectivity index is 1.78. The second-order valence-corrected chi connectivity index (χ2v) is 10.8. The summed E-state index contributed by atoms with van der Waals surface area (Å²) in [4.78, 5) is 0. The molecule has 0 aliphatic carbocycles.